The second-order valence-electron chi connectivity index (χ2n) is 4.48. The van der Waals surface area contributed by atoms with Crippen molar-refractivity contribution < 1.29 is 0 Å². The molecule has 0 radical (unpaired) electrons. The minimum absolute atomic E-state index is 0.631. The van der Waals surface area contributed by atoms with E-state index in [1.807, 2.05) is 36.9 Å². The molecule has 1 aromatic heterocycles. The number of rotatable bonds is 6. The fourth-order valence-electron chi connectivity index (χ4n) is 1.65. The molecular weight excluding hydrogens is 340 g/mol. The van der Waals surface area contributed by atoms with Gasteiger partial charge in [0.25, 0.3) is 0 Å². The number of hydrogen-bond donors (Lipinski definition) is 2. The highest BCUT2D eigenvalue weighted by molar-refractivity contribution is 7.98. The molecule has 112 valence electrons. The average molecular weight is 357 g/mol. The van der Waals surface area contributed by atoms with Gasteiger partial charge in [0, 0.05) is 33.6 Å². The van der Waals surface area contributed by atoms with Crippen LogP contribution in [0, 0.1) is 6.92 Å². The summed E-state index contributed by atoms with van der Waals surface area (Å²) in [6.45, 7) is 2.83. The Morgan fingerprint density at radius 1 is 1.38 bits per heavy atom. The minimum Gasteiger partial charge on any atom is -0.362 e. The van der Waals surface area contributed by atoms with Crippen molar-refractivity contribution in [2.75, 3.05) is 17.6 Å². The summed E-state index contributed by atoms with van der Waals surface area (Å²) in [5.74, 6) is 2.08. The summed E-state index contributed by atoms with van der Waals surface area (Å²) in [6, 6.07) is 10.1. The predicted octanol–water partition coefficient (Wildman–Crippen LogP) is 4.93. The number of benzene rings is 1. The lowest BCUT2D eigenvalue weighted by Gasteiger charge is -2.11. The van der Waals surface area contributed by atoms with E-state index in [4.69, 9.17) is 23.8 Å². The van der Waals surface area contributed by atoms with E-state index >= 15 is 0 Å². The van der Waals surface area contributed by atoms with Gasteiger partial charge in [-0.1, -0.05) is 23.7 Å². The Bertz CT molecular complexity index is 585. The summed E-state index contributed by atoms with van der Waals surface area (Å²) in [7, 11) is 0. The summed E-state index contributed by atoms with van der Waals surface area (Å²) in [4.78, 5) is 1.41. The molecule has 0 amide bonds. The largest absolute Gasteiger partial charge is 0.362 e. The number of halogens is 1. The number of thioether (sulfide) groups is 1. The molecule has 0 fully saturated rings. The smallest absolute Gasteiger partial charge is 0.170 e. The first kappa shape index (κ1) is 16.6. The van der Waals surface area contributed by atoms with E-state index in [1.54, 1.807) is 11.3 Å². The normalized spacial score (nSPS) is 10.4. The van der Waals surface area contributed by atoms with E-state index in [0.717, 1.165) is 34.3 Å². The van der Waals surface area contributed by atoms with Crippen molar-refractivity contribution >= 4 is 57.7 Å². The summed E-state index contributed by atoms with van der Waals surface area (Å²) < 4.78 is 0. The van der Waals surface area contributed by atoms with Gasteiger partial charge >= 0.3 is 0 Å². The Labute approximate surface area is 144 Å². The highest BCUT2D eigenvalue weighted by Crippen LogP contribution is 2.20. The molecule has 6 heteroatoms. The van der Waals surface area contributed by atoms with Gasteiger partial charge in [0.1, 0.15) is 0 Å². The van der Waals surface area contributed by atoms with Crippen molar-refractivity contribution in [3.05, 3.63) is 51.2 Å². The first-order chi connectivity index (χ1) is 10.1. The first-order valence-corrected chi connectivity index (χ1v) is 9.38. The molecule has 2 aromatic rings. The molecule has 0 aliphatic carbocycles. The molecule has 0 bridgehead atoms. The predicted molar refractivity (Wildman–Crippen MR) is 101 cm³/mol. The topological polar surface area (TPSA) is 24.1 Å². The number of thiophene rings is 1. The van der Waals surface area contributed by atoms with Crippen LogP contribution in [0.25, 0.3) is 0 Å². The van der Waals surface area contributed by atoms with Crippen molar-refractivity contribution in [3.8, 4) is 0 Å². The fourth-order valence-corrected chi connectivity index (χ4v) is 3.75. The fraction of sp³-hybridized carbons (Fsp3) is 0.267. The zero-order valence-corrected chi connectivity index (χ0v) is 14.9. The lowest BCUT2D eigenvalue weighted by atomic mass is 10.2. The summed E-state index contributed by atoms with van der Waals surface area (Å²) in [5, 5.41) is 9.84. The zero-order chi connectivity index (χ0) is 15.1. The van der Waals surface area contributed by atoms with Crippen LogP contribution in [0.2, 0.25) is 5.02 Å². The van der Waals surface area contributed by atoms with Gasteiger partial charge in [-0.25, -0.2) is 0 Å². The van der Waals surface area contributed by atoms with Crippen molar-refractivity contribution in [2.24, 2.45) is 0 Å². The Morgan fingerprint density at radius 2 is 2.24 bits per heavy atom. The molecule has 0 saturated heterocycles. The number of nitrogens with one attached hydrogen (secondary N) is 2. The lowest BCUT2D eigenvalue weighted by molar-refractivity contribution is 0.990. The molecule has 0 saturated carbocycles. The standard InChI is InChI=1S/C15H17ClN2S3/c1-11-4-5-12(9-14(11)16)18-15(19)17-6-8-20-10-13-3-2-7-21-13/h2-5,7,9H,6,8,10H2,1H3,(H2,17,18,19). The number of aryl methyl sites for hydroxylation is 1. The van der Waals surface area contributed by atoms with Gasteiger partial charge in [-0.2, -0.15) is 11.8 Å². The van der Waals surface area contributed by atoms with Gasteiger partial charge in [-0.3, -0.25) is 0 Å². The van der Waals surface area contributed by atoms with Gasteiger partial charge in [0.05, 0.1) is 0 Å². The molecule has 1 aromatic carbocycles. The number of anilines is 1. The van der Waals surface area contributed by atoms with Gasteiger partial charge in [0.15, 0.2) is 5.11 Å². The van der Waals surface area contributed by atoms with E-state index in [2.05, 4.69) is 28.1 Å². The SMILES string of the molecule is Cc1ccc(NC(=S)NCCSCc2cccs2)cc1Cl. The van der Waals surface area contributed by atoms with Crippen LogP contribution in [0.1, 0.15) is 10.4 Å². The number of hydrogen-bond acceptors (Lipinski definition) is 3. The average Bonchev–Trinajstić information content (AvgIpc) is 2.96. The van der Waals surface area contributed by atoms with Crippen molar-refractivity contribution in [3.63, 3.8) is 0 Å². The van der Waals surface area contributed by atoms with Crippen LogP contribution < -0.4 is 10.6 Å². The first-order valence-electron chi connectivity index (χ1n) is 6.56. The molecule has 0 aliphatic heterocycles. The maximum atomic E-state index is 6.09. The van der Waals surface area contributed by atoms with Gasteiger partial charge < -0.3 is 10.6 Å². The molecule has 1 heterocycles. The van der Waals surface area contributed by atoms with Crippen LogP contribution in [0.5, 0.6) is 0 Å². The quantitative estimate of drug-likeness (QED) is 0.566. The van der Waals surface area contributed by atoms with Gasteiger partial charge in [-0.15, -0.1) is 11.3 Å². The lowest BCUT2D eigenvalue weighted by Crippen LogP contribution is -2.30. The summed E-state index contributed by atoms with van der Waals surface area (Å²) in [5.41, 5.74) is 1.97. The molecule has 0 spiro atoms. The van der Waals surface area contributed by atoms with Gasteiger partial charge in [0.2, 0.25) is 0 Å². The Hall–Kier alpha value is -0.750. The van der Waals surface area contributed by atoms with Gasteiger partial charge in [-0.05, 0) is 48.3 Å². The van der Waals surface area contributed by atoms with Crippen LogP contribution in [-0.2, 0) is 5.75 Å². The van der Waals surface area contributed by atoms with Crippen LogP contribution in [0.15, 0.2) is 35.7 Å². The highest BCUT2D eigenvalue weighted by atomic mass is 35.5. The Balaban J connectivity index is 1.64. The van der Waals surface area contributed by atoms with Crippen LogP contribution in [0.4, 0.5) is 5.69 Å². The zero-order valence-electron chi connectivity index (χ0n) is 11.7. The van der Waals surface area contributed by atoms with Crippen LogP contribution in [0.3, 0.4) is 0 Å². The van der Waals surface area contributed by atoms with Crippen molar-refractivity contribution in [2.45, 2.75) is 12.7 Å². The second kappa shape index (κ2) is 8.63. The minimum atomic E-state index is 0.631. The monoisotopic (exact) mass is 356 g/mol. The maximum Gasteiger partial charge on any atom is 0.170 e. The van der Waals surface area contributed by atoms with E-state index in [1.165, 1.54) is 4.88 Å². The van der Waals surface area contributed by atoms with Crippen molar-refractivity contribution in [1.82, 2.24) is 5.32 Å². The molecule has 2 nitrogen and oxygen atoms in total. The van der Waals surface area contributed by atoms with Crippen LogP contribution >= 0.6 is 46.9 Å². The van der Waals surface area contributed by atoms with E-state index < -0.39 is 0 Å². The summed E-state index contributed by atoms with van der Waals surface area (Å²) >= 11 is 15.1. The Kier molecular flexibility index (Phi) is 6.83. The second-order valence-corrected chi connectivity index (χ2v) is 7.43. The molecule has 21 heavy (non-hydrogen) atoms. The molecule has 0 aliphatic rings. The third-order valence-electron chi connectivity index (χ3n) is 2.79. The van der Waals surface area contributed by atoms with E-state index in [0.29, 0.717) is 5.11 Å². The van der Waals surface area contributed by atoms with Crippen molar-refractivity contribution in [1.29, 1.82) is 0 Å². The highest BCUT2D eigenvalue weighted by Gasteiger charge is 2.00. The molecular formula is C15H17ClN2S3. The summed E-state index contributed by atoms with van der Waals surface area (Å²) in [6.07, 6.45) is 0. The third kappa shape index (κ3) is 5.87. The molecule has 2 rings (SSSR count). The van der Waals surface area contributed by atoms with E-state index in [-0.39, 0.29) is 0 Å². The molecule has 0 unspecified atom stereocenters. The Morgan fingerprint density at radius 3 is 2.95 bits per heavy atom. The molecule has 0 atom stereocenters. The van der Waals surface area contributed by atoms with E-state index in [9.17, 15) is 0 Å². The van der Waals surface area contributed by atoms with Crippen LogP contribution in [-0.4, -0.2) is 17.4 Å². The molecule has 2 N–H and O–H groups in total. The maximum absolute atomic E-state index is 6.09. The number of thiocarbonyl (C=S) groups is 1. The third-order valence-corrected chi connectivity index (χ3v) is 5.51.